The SMILES string of the molecule is c1ccc2c(c1)CC(c1nc(CN3CCNCC3)no1)O2. The largest absolute Gasteiger partial charge is 0.480 e. The molecular formula is C15H18N4O2. The van der Waals surface area contributed by atoms with Gasteiger partial charge < -0.3 is 14.6 Å². The summed E-state index contributed by atoms with van der Waals surface area (Å²) in [6, 6.07) is 8.06. The Morgan fingerprint density at radius 1 is 1.24 bits per heavy atom. The number of benzene rings is 1. The molecular weight excluding hydrogens is 268 g/mol. The highest BCUT2D eigenvalue weighted by Gasteiger charge is 2.29. The van der Waals surface area contributed by atoms with Gasteiger partial charge in [0.25, 0.3) is 5.89 Å². The number of hydrogen-bond donors (Lipinski definition) is 1. The van der Waals surface area contributed by atoms with Crippen molar-refractivity contribution in [3.63, 3.8) is 0 Å². The standard InChI is InChI=1S/C15H18N4O2/c1-2-4-12-11(3-1)9-13(20-12)15-17-14(18-21-15)10-19-7-5-16-6-8-19/h1-4,13,16H,5-10H2. The van der Waals surface area contributed by atoms with Crippen molar-refractivity contribution >= 4 is 0 Å². The summed E-state index contributed by atoms with van der Waals surface area (Å²) in [4.78, 5) is 6.83. The van der Waals surface area contributed by atoms with E-state index in [1.54, 1.807) is 0 Å². The van der Waals surface area contributed by atoms with Gasteiger partial charge in [-0.3, -0.25) is 4.90 Å². The van der Waals surface area contributed by atoms with E-state index in [0.29, 0.717) is 5.89 Å². The van der Waals surface area contributed by atoms with Crippen LogP contribution in [0.2, 0.25) is 0 Å². The van der Waals surface area contributed by atoms with Crippen LogP contribution in [-0.4, -0.2) is 41.2 Å². The lowest BCUT2D eigenvalue weighted by atomic mass is 10.1. The predicted molar refractivity (Wildman–Crippen MR) is 76.0 cm³/mol. The van der Waals surface area contributed by atoms with Crippen molar-refractivity contribution in [1.82, 2.24) is 20.4 Å². The molecule has 2 aliphatic heterocycles. The number of piperazine rings is 1. The molecule has 1 aromatic heterocycles. The fourth-order valence-electron chi connectivity index (χ4n) is 2.85. The Labute approximate surface area is 123 Å². The van der Waals surface area contributed by atoms with E-state index in [0.717, 1.165) is 50.7 Å². The second-order valence-electron chi connectivity index (χ2n) is 5.49. The van der Waals surface area contributed by atoms with E-state index in [-0.39, 0.29) is 6.10 Å². The van der Waals surface area contributed by atoms with Crippen molar-refractivity contribution in [3.05, 3.63) is 41.5 Å². The molecule has 1 N–H and O–H groups in total. The highest BCUT2D eigenvalue weighted by Crippen LogP contribution is 2.35. The number of hydrogen-bond acceptors (Lipinski definition) is 6. The van der Waals surface area contributed by atoms with Gasteiger partial charge in [0, 0.05) is 32.6 Å². The van der Waals surface area contributed by atoms with Crippen molar-refractivity contribution in [1.29, 1.82) is 0 Å². The molecule has 0 bridgehead atoms. The van der Waals surface area contributed by atoms with Gasteiger partial charge in [-0.2, -0.15) is 4.98 Å². The zero-order valence-electron chi connectivity index (χ0n) is 11.8. The molecule has 1 unspecified atom stereocenters. The maximum Gasteiger partial charge on any atom is 0.268 e. The smallest absolute Gasteiger partial charge is 0.268 e. The van der Waals surface area contributed by atoms with Gasteiger partial charge in [0.2, 0.25) is 0 Å². The van der Waals surface area contributed by atoms with Gasteiger partial charge in [-0.25, -0.2) is 0 Å². The molecule has 3 heterocycles. The molecule has 1 aromatic carbocycles. The van der Waals surface area contributed by atoms with Crippen LogP contribution in [0.3, 0.4) is 0 Å². The van der Waals surface area contributed by atoms with Crippen LogP contribution in [0.4, 0.5) is 0 Å². The maximum atomic E-state index is 5.88. The molecule has 1 saturated heterocycles. The molecule has 110 valence electrons. The Hall–Kier alpha value is -1.92. The van der Waals surface area contributed by atoms with E-state index in [9.17, 15) is 0 Å². The van der Waals surface area contributed by atoms with Crippen molar-refractivity contribution in [3.8, 4) is 5.75 Å². The summed E-state index contributed by atoms with van der Waals surface area (Å²) in [5.74, 6) is 2.24. The molecule has 21 heavy (non-hydrogen) atoms. The van der Waals surface area contributed by atoms with E-state index in [1.807, 2.05) is 18.2 Å². The number of nitrogens with zero attached hydrogens (tertiary/aromatic N) is 3. The van der Waals surface area contributed by atoms with Gasteiger partial charge in [0.05, 0.1) is 6.54 Å². The van der Waals surface area contributed by atoms with Gasteiger partial charge in [-0.1, -0.05) is 23.4 Å². The van der Waals surface area contributed by atoms with Crippen LogP contribution in [0, 0.1) is 0 Å². The molecule has 1 atom stereocenters. The predicted octanol–water partition coefficient (Wildman–Crippen LogP) is 1.15. The Balaban J connectivity index is 1.43. The zero-order chi connectivity index (χ0) is 14.1. The van der Waals surface area contributed by atoms with E-state index in [2.05, 4.69) is 26.4 Å². The molecule has 0 amide bonds. The first-order chi connectivity index (χ1) is 10.4. The summed E-state index contributed by atoms with van der Waals surface area (Å²) in [5.41, 5.74) is 1.20. The Morgan fingerprint density at radius 2 is 2.10 bits per heavy atom. The number of ether oxygens (including phenoxy) is 1. The topological polar surface area (TPSA) is 63.4 Å². The summed E-state index contributed by atoms with van der Waals surface area (Å²) >= 11 is 0. The minimum atomic E-state index is -0.147. The van der Waals surface area contributed by atoms with Crippen LogP contribution in [0.15, 0.2) is 28.8 Å². The first-order valence-corrected chi connectivity index (χ1v) is 7.38. The van der Waals surface area contributed by atoms with Crippen LogP contribution in [-0.2, 0) is 13.0 Å². The lowest BCUT2D eigenvalue weighted by molar-refractivity contribution is 0.182. The molecule has 0 spiro atoms. The molecule has 0 saturated carbocycles. The maximum absolute atomic E-state index is 5.88. The van der Waals surface area contributed by atoms with E-state index < -0.39 is 0 Å². The molecule has 0 aliphatic carbocycles. The second-order valence-corrected chi connectivity index (χ2v) is 5.49. The van der Waals surface area contributed by atoms with Crippen LogP contribution < -0.4 is 10.1 Å². The second kappa shape index (κ2) is 5.46. The van der Waals surface area contributed by atoms with E-state index >= 15 is 0 Å². The third kappa shape index (κ3) is 2.64. The van der Waals surface area contributed by atoms with E-state index in [1.165, 1.54) is 5.56 Å². The fourth-order valence-corrected chi connectivity index (χ4v) is 2.85. The number of fused-ring (bicyclic) bond motifs is 1. The molecule has 4 rings (SSSR count). The quantitative estimate of drug-likeness (QED) is 0.913. The molecule has 6 heteroatoms. The minimum Gasteiger partial charge on any atom is -0.480 e. The summed E-state index contributed by atoms with van der Waals surface area (Å²) in [7, 11) is 0. The summed E-state index contributed by atoms with van der Waals surface area (Å²) in [5, 5.41) is 7.42. The first-order valence-electron chi connectivity index (χ1n) is 7.38. The molecule has 0 radical (unpaired) electrons. The van der Waals surface area contributed by atoms with Crippen LogP contribution in [0.5, 0.6) is 5.75 Å². The van der Waals surface area contributed by atoms with Crippen molar-refractivity contribution < 1.29 is 9.26 Å². The van der Waals surface area contributed by atoms with Crippen LogP contribution >= 0.6 is 0 Å². The number of para-hydroxylation sites is 1. The van der Waals surface area contributed by atoms with Crippen LogP contribution in [0.1, 0.15) is 23.4 Å². The van der Waals surface area contributed by atoms with Gasteiger partial charge in [0.15, 0.2) is 11.9 Å². The normalized spacial score (nSPS) is 22.0. The third-order valence-electron chi connectivity index (χ3n) is 3.98. The van der Waals surface area contributed by atoms with Crippen molar-refractivity contribution in [2.45, 2.75) is 19.1 Å². The lowest BCUT2D eigenvalue weighted by Gasteiger charge is -2.25. The van der Waals surface area contributed by atoms with Gasteiger partial charge in [-0.15, -0.1) is 0 Å². The Bertz CT molecular complexity index is 597. The zero-order valence-corrected chi connectivity index (χ0v) is 11.8. The molecule has 1 fully saturated rings. The third-order valence-corrected chi connectivity index (χ3v) is 3.98. The number of nitrogens with one attached hydrogen (secondary N) is 1. The van der Waals surface area contributed by atoms with Crippen molar-refractivity contribution in [2.24, 2.45) is 0 Å². The van der Waals surface area contributed by atoms with Crippen LogP contribution in [0.25, 0.3) is 0 Å². The fraction of sp³-hybridized carbons (Fsp3) is 0.467. The van der Waals surface area contributed by atoms with E-state index in [4.69, 9.17) is 9.26 Å². The average Bonchev–Trinajstić information content (AvgIpc) is 3.14. The summed E-state index contributed by atoms with van der Waals surface area (Å²) in [6.45, 7) is 4.83. The summed E-state index contributed by atoms with van der Waals surface area (Å²) < 4.78 is 11.3. The highest BCUT2D eigenvalue weighted by atomic mass is 16.5. The summed E-state index contributed by atoms with van der Waals surface area (Å²) in [6.07, 6.45) is 0.650. The monoisotopic (exact) mass is 286 g/mol. The molecule has 2 aliphatic rings. The Morgan fingerprint density at radius 3 is 2.95 bits per heavy atom. The number of aromatic nitrogens is 2. The highest BCUT2D eigenvalue weighted by molar-refractivity contribution is 5.37. The Kier molecular flexibility index (Phi) is 3.33. The first kappa shape index (κ1) is 12.8. The van der Waals surface area contributed by atoms with Gasteiger partial charge >= 0.3 is 0 Å². The molecule has 6 nitrogen and oxygen atoms in total. The average molecular weight is 286 g/mol. The van der Waals surface area contributed by atoms with Gasteiger partial charge in [0.1, 0.15) is 5.75 Å². The van der Waals surface area contributed by atoms with Gasteiger partial charge in [-0.05, 0) is 11.6 Å². The molecule has 2 aromatic rings. The van der Waals surface area contributed by atoms with Crippen molar-refractivity contribution in [2.75, 3.05) is 26.2 Å². The minimum absolute atomic E-state index is 0.147. The lowest BCUT2D eigenvalue weighted by Crippen LogP contribution is -2.43. The number of rotatable bonds is 3.